The van der Waals surface area contributed by atoms with Crippen LogP contribution in [-0.2, 0) is 6.54 Å². The van der Waals surface area contributed by atoms with Gasteiger partial charge in [0.1, 0.15) is 17.2 Å². The van der Waals surface area contributed by atoms with E-state index in [1.54, 1.807) is 30.3 Å². The Morgan fingerprint density at radius 1 is 1.00 bits per heavy atom. The second-order valence-corrected chi connectivity index (χ2v) is 6.17. The summed E-state index contributed by atoms with van der Waals surface area (Å²) in [7, 11) is 0. The van der Waals surface area contributed by atoms with Crippen molar-refractivity contribution in [1.82, 2.24) is 15.6 Å². The van der Waals surface area contributed by atoms with Gasteiger partial charge >= 0.3 is 0 Å². The van der Waals surface area contributed by atoms with Crippen molar-refractivity contribution in [1.29, 1.82) is 0 Å². The highest BCUT2D eigenvalue weighted by Crippen LogP contribution is 2.18. The number of nitrogens with zero attached hydrogens (tertiary/aromatic N) is 1. The molecule has 5 nitrogen and oxygen atoms in total. The summed E-state index contributed by atoms with van der Waals surface area (Å²) in [6.07, 6.45) is 4.24. The highest BCUT2D eigenvalue weighted by Gasteiger charge is 2.19. The second-order valence-electron chi connectivity index (χ2n) is 6.17. The maximum absolute atomic E-state index is 12.9. The molecule has 2 N–H and O–H groups in total. The monoisotopic (exact) mass is 341 g/mol. The third-order valence-electron chi connectivity index (χ3n) is 4.27. The third kappa shape index (κ3) is 4.62. The Bertz CT molecular complexity index is 756. The smallest absolute Gasteiger partial charge is 0.270 e. The predicted molar refractivity (Wildman–Crippen MR) is 91.5 cm³/mol. The zero-order chi connectivity index (χ0) is 17.6. The Hall–Kier alpha value is -2.76. The molecule has 1 aromatic heterocycles. The molecule has 0 aliphatic heterocycles. The van der Waals surface area contributed by atoms with Crippen LogP contribution in [0.4, 0.5) is 4.39 Å². The summed E-state index contributed by atoms with van der Waals surface area (Å²) >= 11 is 0. The van der Waals surface area contributed by atoms with Crippen molar-refractivity contribution in [2.24, 2.45) is 0 Å². The van der Waals surface area contributed by atoms with Crippen molar-refractivity contribution in [2.45, 2.75) is 38.3 Å². The molecule has 0 saturated heterocycles. The highest BCUT2D eigenvalue weighted by atomic mass is 19.1. The summed E-state index contributed by atoms with van der Waals surface area (Å²) in [5.41, 5.74) is 1.20. The number of rotatable bonds is 5. The van der Waals surface area contributed by atoms with Gasteiger partial charge < -0.3 is 10.6 Å². The third-order valence-corrected chi connectivity index (χ3v) is 4.27. The minimum atomic E-state index is -0.375. The fourth-order valence-corrected chi connectivity index (χ4v) is 2.89. The van der Waals surface area contributed by atoms with E-state index < -0.39 is 0 Å². The summed E-state index contributed by atoms with van der Waals surface area (Å²) in [6, 6.07) is 10.9. The van der Waals surface area contributed by atoms with E-state index in [1.165, 1.54) is 12.1 Å². The molecule has 0 atom stereocenters. The Kier molecular flexibility index (Phi) is 5.38. The molecule has 6 heteroatoms. The lowest BCUT2D eigenvalue weighted by Gasteiger charge is -2.12. The minimum absolute atomic E-state index is 0.182. The molecule has 2 aromatic rings. The minimum Gasteiger partial charge on any atom is -0.348 e. The normalized spacial score (nSPS) is 14.3. The second kappa shape index (κ2) is 7.88. The Balaban J connectivity index is 1.60. The quantitative estimate of drug-likeness (QED) is 0.878. The van der Waals surface area contributed by atoms with Crippen LogP contribution in [0.1, 0.15) is 52.2 Å². The number of nitrogens with one attached hydrogen (secondary N) is 2. The van der Waals surface area contributed by atoms with Crippen LogP contribution in [0.5, 0.6) is 0 Å². The number of carbonyl (C=O) groups is 2. The van der Waals surface area contributed by atoms with Gasteiger partial charge in [-0.3, -0.25) is 9.59 Å². The zero-order valence-corrected chi connectivity index (χ0v) is 13.8. The number of benzene rings is 1. The topological polar surface area (TPSA) is 71.1 Å². The number of carbonyl (C=O) groups excluding carboxylic acids is 2. The van der Waals surface area contributed by atoms with Crippen molar-refractivity contribution in [3.8, 4) is 0 Å². The van der Waals surface area contributed by atoms with Crippen LogP contribution in [0, 0.1) is 5.82 Å². The van der Waals surface area contributed by atoms with Gasteiger partial charge in [-0.1, -0.05) is 31.0 Å². The summed E-state index contributed by atoms with van der Waals surface area (Å²) in [4.78, 5) is 28.6. The van der Waals surface area contributed by atoms with Crippen molar-refractivity contribution in [3.63, 3.8) is 0 Å². The van der Waals surface area contributed by atoms with Crippen molar-refractivity contribution < 1.29 is 14.0 Å². The van der Waals surface area contributed by atoms with E-state index in [9.17, 15) is 14.0 Å². The van der Waals surface area contributed by atoms with Gasteiger partial charge in [0, 0.05) is 12.6 Å². The molecule has 1 heterocycles. The predicted octanol–water partition coefficient (Wildman–Crippen LogP) is 2.82. The molecule has 1 aliphatic rings. The van der Waals surface area contributed by atoms with E-state index in [0.717, 1.165) is 31.2 Å². The summed E-state index contributed by atoms with van der Waals surface area (Å²) in [5.74, 6) is -0.947. The van der Waals surface area contributed by atoms with E-state index in [4.69, 9.17) is 0 Å². The molecule has 1 fully saturated rings. The molecule has 0 bridgehead atoms. The molecule has 1 aliphatic carbocycles. The number of aromatic nitrogens is 1. The molecule has 0 spiro atoms. The first-order valence-electron chi connectivity index (χ1n) is 8.42. The largest absolute Gasteiger partial charge is 0.348 e. The van der Waals surface area contributed by atoms with Gasteiger partial charge in [-0.2, -0.15) is 0 Å². The van der Waals surface area contributed by atoms with Gasteiger partial charge in [0.05, 0.1) is 0 Å². The number of hydrogen-bond donors (Lipinski definition) is 2. The van der Waals surface area contributed by atoms with Crippen LogP contribution < -0.4 is 10.6 Å². The molecule has 0 unspecified atom stereocenters. The molecule has 1 aromatic carbocycles. The molecular formula is C19H20FN3O2. The standard InChI is InChI=1S/C19H20FN3O2/c20-14-10-8-13(9-11-14)12-21-18(24)16-6-3-7-17(23-16)19(25)22-15-4-1-2-5-15/h3,6-11,15H,1-2,4-5,12H2,(H,21,24)(H,22,25). The first-order valence-corrected chi connectivity index (χ1v) is 8.42. The van der Waals surface area contributed by atoms with E-state index >= 15 is 0 Å². The number of hydrogen-bond acceptors (Lipinski definition) is 3. The van der Waals surface area contributed by atoms with Crippen LogP contribution in [-0.4, -0.2) is 22.8 Å². The van der Waals surface area contributed by atoms with Gasteiger partial charge in [0.15, 0.2) is 0 Å². The van der Waals surface area contributed by atoms with Gasteiger partial charge in [-0.15, -0.1) is 0 Å². The molecule has 2 amide bonds. The maximum Gasteiger partial charge on any atom is 0.270 e. The fourth-order valence-electron chi connectivity index (χ4n) is 2.89. The summed E-state index contributed by atoms with van der Waals surface area (Å²) < 4.78 is 12.9. The first-order chi connectivity index (χ1) is 12.1. The van der Waals surface area contributed by atoms with Crippen LogP contribution in [0.2, 0.25) is 0 Å². The number of amides is 2. The zero-order valence-electron chi connectivity index (χ0n) is 13.8. The summed E-state index contributed by atoms with van der Waals surface area (Å²) in [5, 5.41) is 5.67. The average molecular weight is 341 g/mol. The number of halogens is 1. The van der Waals surface area contributed by atoms with E-state index in [2.05, 4.69) is 15.6 Å². The van der Waals surface area contributed by atoms with Crippen molar-refractivity contribution in [2.75, 3.05) is 0 Å². The van der Waals surface area contributed by atoms with Crippen molar-refractivity contribution >= 4 is 11.8 Å². The fraction of sp³-hybridized carbons (Fsp3) is 0.316. The summed E-state index contributed by atoms with van der Waals surface area (Å²) in [6.45, 7) is 0.263. The van der Waals surface area contributed by atoms with Gasteiger partial charge in [0.2, 0.25) is 0 Å². The molecule has 130 valence electrons. The van der Waals surface area contributed by atoms with E-state index in [1.807, 2.05) is 0 Å². The van der Waals surface area contributed by atoms with Crippen LogP contribution >= 0.6 is 0 Å². The van der Waals surface area contributed by atoms with Gasteiger partial charge in [-0.05, 0) is 42.7 Å². The van der Waals surface area contributed by atoms with Crippen LogP contribution in [0.3, 0.4) is 0 Å². The molecule has 1 saturated carbocycles. The number of pyridine rings is 1. The SMILES string of the molecule is O=C(NCc1ccc(F)cc1)c1cccc(C(=O)NC2CCCC2)n1. The molecular weight excluding hydrogens is 321 g/mol. The van der Waals surface area contributed by atoms with E-state index in [-0.39, 0.29) is 41.6 Å². The Morgan fingerprint density at radius 3 is 2.32 bits per heavy atom. The molecule has 25 heavy (non-hydrogen) atoms. The average Bonchev–Trinajstić information content (AvgIpc) is 3.14. The Morgan fingerprint density at radius 2 is 1.64 bits per heavy atom. The lowest BCUT2D eigenvalue weighted by molar-refractivity contribution is 0.0931. The Labute approximate surface area is 145 Å². The lowest BCUT2D eigenvalue weighted by Crippen LogP contribution is -2.33. The first kappa shape index (κ1) is 17.1. The van der Waals surface area contributed by atoms with Crippen molar-refractivity contribution in [3.05, 3.63) is 65.2 Å². The maximum atomic E-state index is 12.9. The lowest BCUT2D eigenvalue weighted by atomic mass is 10.2. The molecule has 0 radical (unpaired) electrons. The van der Waals surface area contributed by atoms with Gasteiger partial charge in [0.25, 0.3) is 11.8 Å². The van der Waals surface area contributed by atoms with Crippen LogP contribution in [0.15, 0.2) is 42.5 Å². The van der Waals surface area contributed by atoms with Crippen LogP contribution in [0.25, 0.3) is 0 Å². The van der Waals surface area contributed by atoms with Gasteiger partial charge in [-0.25, -0.2) is 9.37 Å². The highest BCUT2D eigenvalue weighted by molar-refractivity contribution is 5.96. The molecule has 3 rings (SSSR count). The van der Waals surface area contributed by atoms with E-state index in [0.29, 0.717) is 0 Å².